The molecule has 0 saturated heterocycles. The van der Waals surface area contributed by atoms with Crippen molar-refractivity contribution in [2.75, 3.05) is 13.2 Å². The molecule has 2 rings (SSSR count). The van der Waals surface area contributed by atoms with Gasteiger partial charge in [0.1, 0.15) is 0 Å². The maximum Gasteiger partial charge on any atom is 0.254 e. The van der Waals surface area contributed by atoms with E-state index in [1.165, 1.54) is 0 Å². The number of benzene rings is 2. The highest BCUT2D eigenvalue weighted by atomic mass is 16.3. The van der Waals surface area contributed by atoms with Gasteiger partial charge < -0.3 is 10.0 Å². The summed E-state index contributed by atoms with van der Waals surface area (Å²) < 4.78 is 0. The Labute approximate surface area is 130 Å². The SMILES string of the molecule is N#CCc1cccc(C(=O)N(CCO)Cc2ccccc2)c1. The van der Waals surface area contributed by atoms with Crippen LogP contribution in [0.2, 0.25) is 0 Å². The van der Waals surface area contributed by atoms with Crippen LogP contribution in [-0.4, -0.2) is 29.1 Å². The molecule has 4 nitrogen and oxygen atoms in total. The first-order valence-electron chi connectivity index (χ1n) is 7.14. The summed E-state index contributed by atoms with van der Waals surface area (Å²) in [6, 6.07) is 18.8. The Morgan fingerprint density at radius 2 is 1.82 bits per heavy atom. The molecule has 1 N–H and O–H groups in total. The maximum absolute atomic E-state index is 12.6. The van der Waals surface area contributed by atoms with Crippen LogP contribution in [0.5, 0.6) is 0 Å². The van der Waals surface area contributed by atoms with Crippen LogP contribution in [0.4, 0.5) is 0 Å². The Morgan fingerprint density at radius 1 is 1.09 bits per heavy atom. The summed E-state index contributed by atoms with van der Waals surface area (Å²) in [6.07, 6.45) is 0.278. The van der Waals surface area contributed by atoms with Crippen LogP contribution < -0.4 is 0 Å². The van der Waals surface area contributed by atoms with E-state index in [0.717, 1.165) is 11.1 Å². The van der Waals surface area contributed by atoms with Gasteiger partial charge >= 0.3 is 0 Å². The summed E-state index contributed by atoms with van der Waals surface area (Å²) in [4.78, 5) is 14.2. The van der Waals surface area contributed by atoms with Crippen LogP contribution in [0.3, 0.4) is 0 Å². The average Bonchev–Trinajstić information content (AvgIpc) is 2.55. The quantitative estimate of drug-likeness (QED) is 0.889. The summed E-state index contributed by atoms with van der Waals surface area (Å²) in [5.74, 6) is -0.141. The minimum Gasteiger partial charge on any atom is -0.395 e. The van der Waals surface area contributed by atoms with Crippen LogP contribution in [0.15, 0.2) is 54.6 Å². The normalized spacial score (nSPS) is 10.0. The van der Waals surface area contributed by atoms with Gasteiger partial charge in [0.05, 0.1) is 19.1 Å². The van der Waals surface area contributed by atoms with Gasteiger partial charge in [-0.1, -0.05) is 42.5 Å². The van der Waals surface area contributed by atoms with Crippen molar-refractivity contribution in [3.8, 4) is 6.07 Å². The summed E-state index contributed by atoms with van der Waals surface area (Å²) in [7, 11) is 0. The third kappa shape index (κ3) is 4.18. The van der Waals surface area contributed by atoms with Crippen molar-refractivity contribution >= 4 is 5.91 Å². The van der Waals surface area contributed by atoms with Gasteiger partial charge in [0.2, 0.25) is 0 Å². The first kappa shape index (κ1) is 15.7. The molecule has 0 aliphatic heterocycles. The first-order chi connectivity index (χ1) is 10.7. The molecule has 0 aliphatic carbocycles. The van der Waals surface area contributed by atoms with Crippen LogP contribution in [0.25, 0.3) is 0 Å². The van der Waals surface area contributed by atoms with Crippen molar-refractivity contribution in [3.05, 3.63) is 71.3 Å². The smallest absolute Gasteiger partial charge is 0.254 e. The lowest BCUT2D eigenvalue weighted by molar-refractivity contribution is 0.0707. The number of nitrogens with zero attached hydrogens (tertiary/aromatic N) is 2. The Hall–Kier alpha value is -2.64. The van der Waals surface area contributed by atoms with Gasteiger partial charge in [0.25, 0.3) is 5.91 Å². The fourth-order valence-electron chi connectivity index (χ4n) is 2.27. The van der Waals surface area contributed by atoms with Gasteiger partial charge in [-0.05, 0) is 23.3 Å². The molecule has 0 unspecified atom stereocenters. The minimum absolute atomic E-state index is 0.0868. The molecule has 0 bridgehead atoms. The third-order valence-corrected chi connectivity index (χ3v) is 3.33. The monoisotopic (exact) mass is 294 g/mol. The number of carbonyl (C=O) groups excluding carboxylic acids is 1. The molecule has 0 radical (unpaired) electrons. The van der Waals surface area contributed by atoms with Gasteiger partial charge in [0, 0.05) is 18.7 Å². The molecule has 0 fully saturated rings. The zero-order chi connectivity index (χ0) is 15.8. The number of aliphatic hydroxyl groups is 1. The molecule has 0 aromatic heterocycles. The predicted octanol–water partition coefficient (Wildman–Crippen LogP) is 2.39. The molecule has 1 amide bonds. The second-order valence-electron chi connectivity index (χ2n) is 4.97. The minimum atomic E-state index is -0.141. The van der Waals surface area contributed by atoms with Gasteiger partial charge in [-0.15, -0.1) is 0 Å². The standard InChI is InChI=1S/C18H18N2O2/c19-10-9-15-7-4-8-17(13-15)18(22)20(11-12-21)14-16-5-2-1-3-6-16/h1-8,13,21H,9,11-12,14H2. The Kier molecular flexibility index (Phi) is 5.70. The van der Waals surface area contributed by atoms with E-state index >= 15 is 0 Å². The number of nitriles is 1. The van der Waals surface area contributed by atoms with Gasteiger partial charge in [-0.3, -0.25) is 4.79 Å². The Bertz CT molecular complexity index is 662. The van der Waals surface area contributed by atoms with Crippen LogP contribution in [-0.2, 0) is 13.0 Å². The lowest BCUT2D eigenvalue weighted by atomic mass is 10.1. The van der Waals surface area contributed by atoms with E-state index in [0.29, 0.717) is 12.1 Å². The predicted molar refractivity (Wildman–Crippen MR) is 84.0 cm³/mol. The summed E-state index contributed by atoms with van der Waals surface area (Å²) in [5, 5.41) is 18.0. The van der Waals surface area contributed by atoms with Crippen molar-refractivity contribution in [3.63, 3.8) is 0 Å². The van der Waals surface area contributed by atoms with E-state index in [1.807, 2.05) is 36.4 Å². The van der Waals surface area contributed by atoms with E-state index in [-0.39, 0.29) is 25.5 Å². The number of rotatable bonds is 6. The maximum atomic E-state index is 12.6. The van der Waals surface area contributed by atoms with Crippen LogP contribution in [0.1, 0.15) is 21.5 Å². The molecule has 2 aromatic rings. The molecular weight excluding hydrogens is 276 g/mol. The van der Waals surface area contributed by atoms with E-state index in [9.17, 15) is 9.90 Å². The third-order valence-electron chi connectivity index (χ3n) is 3.33. The van der Waals surface area contributed by atoms with Crippen molar-refractivity contribution < 1.29 is 9.90 Å². The van der Waals surface area contributed by atoms with E-state index in [1.54, 1.807) is 23.1 Å². The van der Waals surface area contributed by atoms with Gasteiger partial charge in [-0.25, -0.2) is 0 Å². The fourth-order valence-corrected chi connectivity index (χ4v) is 2.27. The van der Waals surface area contributed by atoms with Crippen molar-refractivity contribution in [2.24, 2.45) is 0 Å². The molecule has 0 spiro atoms. The highest BCUT2D eigenvalue weighted by molar-refractivity contribution is 5.94. The topological polar surface area (TPSA) is 64.3 Å². The van der Waals surface area contributed by atoms with Crippen LogP contribution in [0, 0.1) is 11.3 Å². The molecule has 0 aliphatic rings. The summed E-state index contributed by atoms with van der Waals surface area (Å²) >= 11 is 0. The van der Waals surface area contributed by atoms with E-state index in [4.69, 9.17) is 5.26 Å². The van der Waals surface area contributed by atoms with E-state index in [2.05, 4.69) is 6.07 Å². The highest BCUT2D eigenvalue weighted by Crippen LogP contribution is 2.12. The number of hydrogen-bond donors (Lipinski definition) is 1. The fraction of sp³-hybridized carbons (Fsp3) is 0.222. The van der Waals surface area contributed by atoms with E-state index < -0.39 is 0 Å². The summed E-state index contributed by atoms with van der Waals surface area (Å²) in [5.41, 5.74) is 2.37. The highest BCUT2D eigenvalue weighted by Gasteiger charge is 2.16. The lowest BCUT2D eigenvalue weighted by Gasteiger charge is -2.22. The number of aliphatic hydroxyl groups excluding tert-OH is 1. The van der Waals surface area contributed by atoms with Gasteiger partial charge in [0.15, 0.2) is 0 Å². The number of carbonyl (C=O) groups is 1. The number of amides is 1. The molecule has 112 valence electrons. The molecule has 2 aromatic carbocycles. The zero-order valence-electron chi connectivity index (χ0n) is 12.3. The van der Waals surface area contributed by atoms with Gasteiger partial charge in [-0.2, -0.15) is 5.26 Å². The Morgan fingerprint density at radius 3 is 2.50 bits per heavy atom. The second kappa shape index (κ2) is 7.96. The number of hydrogen-bond acceptors (Lipinski definition) is 3. The first-order valence-corrected chi connectivity index (χ1v) is 7.14. The average molecular weight is 294 g/mol. The molecule has 0 saturated carbocycles. The zero-order valence-corrected chi connectivity index (χ0v) is 12.3. The molecule has 22 heavy (non-hydrogen) atoms. The molecule has 4 heteroatoms. The summed E-state index contributed by atoms with van der Waals surface area (Å²) in [6.45, 7) is 0.634. The van der Waals surface area contributed by atoms with Crippen molar-refractivity contribution in [2.45, 2.75) is 13.0 Å². The molecule has 0 atom stereocenters. The van der Waals surface area contributed by atoms with Crippen molar-refractivity contribution in [1.82, 2.24) is 4.90 Å². The Balaban J connectivity index is 2.19. The second-order valence-corrected chi connectivity index (χ2v) is 4.97. The largest absolute Gasteiger partial charge is 0.395 e. The van der Waals surface area contributed by atoms with Crippen LogP contribution >= 0.6 is 0 Å². The molecular formula is C18H18N2O2. The van der Waals surface area contributed by atoms with Crippen molar-refractivity contribution in [1.29, 1.82) is 5.26 Å². The molecule has 0 heterocycles. The lowest BCUT2D eigenvalue weighted by Crippen LogP contribution is -2.33.